The van der Waals surface area contributed by atoms with E-state index < -0.39 is 0 Å². The number of amides is 2. The van der Waals surface area contributed by atoms with Gasteiger partial charge in [-0.25, -0.2) is 0 Å². The van der Waals surface area contributed by atoms with E-state index in [0.717, 1.165) is 16.9 Å². The Bertz CT molecular complexity index is 571. The molecule has 1 fully saturated rings. The van der Waals surface area contributed by atoms with Crippen LogP contribution in [0.15, 0.2) is 18.2 Å². The van der Waals surface area contributed by atoms with Gasteiger partial charge in [0.15, 0.2) is 0 Å². The van der Waals surface area contributed by atoms with E-state index in [1.54, 1.807) is 14.0 Å². The molecule has 1 aromatic rings. The van der Waals surface area contributed by atoms with Crippen molar-refractivity contribution < 1.29 is 14.3 Å². The molecule has 1 saturated heterocycles. The molecule has 5 nitrogen and oxygen atoms in total. The van der Waals surface area contributed by atoms with Crippen molar-refractivity contribution >= 4 is 11.8 Å². The Morgan fingerprint density at radius 3 is 2.59 bits per heavy atom. The fourth-order valence-electron chi connectivity index (χ4n) is 3.03. The zero-order chi connectivity index (χ0) is 16.3. The first-order valence-corrected chi connectivity index (χ1v) is 7.67. The lowest BCUT2D eigenvalue weighted by Gasteiger charge is -2.41. The molecule has 1 aliphatic rings. The number of rotatable bonds is 3. The van der Waals surface area contributed by atoms with Crippen molar-refractivity contribution in [2.45, 2.75) is 33.2 Å². The Morgan fingerprint density at radius 1 is 1.32 bits per heavy atom. The van der Waals surface area contributed by atoms with Crippen LogP contribution in [0, 0.1) is 6.92 Å². The van der Waals surface area contributed by atoms with E-state index in [-0.39, 0.29) is 17.9 Å². The number of hydrogen-bond donors (Lipinski definition) is 0. The maximum absolute atomic E-state index is 12.0. The minimum absolute atomic E-state index is 0.0452. The summed E-state index contributed by atoms with van der Waals surface area (Å²) in [4.78, 5) is 27.7. The highest BCUT2D eigenvalue weighted by atomic mass is 16.5. The molecule has 0 saturated carbocycles. The van der Waals surface area contributed by atoms with Crippen molar-refractivity contribution in [3.8, 4) is 5.75 Å². The van der Waals surface area contributed by atoms with Gasteiger partial charge in [0.05, 0.1) is 13.2 Å². The molecular formula is C17H24N2O3. The van der Waals surface area contributed by atoms with Crippen LogP contribution < -0.4 is 4.74 Å². The SMILES string of the molecule is CCC(=O)N1CCN(C(C)=O)[C@@H](c2ccc(OC)cc2C)C1. The Balaban J connectivity index is 2.33. The summed E-state index contributed by atoms with van der Waals surface area (Å²) in [5, 5.41) is 0. The number of carbonyl (C=O) groups is 2. The highest BCUT2D eigenvalue weighted by Gasteiger charge is 2.32. The van der Waals surface area contributed by atoms with Gasteiger partial charge >= 0.3 is 0 Å². The van der Waals surface area contributed by atoms with Crippen molar-refractivity contribution in [1.82, 2.24) is 9.80 Å². The van der Waals surface area contributed by atoms with Crippen LogP contribution in [-0.4, -0.2) is 48.4 Å². The molecule has 1 aromatic carbocycles. The summed E-state index contributed by atoms with van der Waals surface area (Å²) in [6, 6.07) is 5.78. The van der Waals surface area contributed by atoms with Crippen LogP contribution in [0.5, 0.6) is 5.75 Å². The maximum Gasteiger partial charge on any atom is 0.222 e. The van der Waals surface area contributed by atoms with Crippen LogP contribution in [-0.2, 0) is 9.59 Å². The van der Waals surface area contributed by atoms with Crippen LogP contribution in [0.25, 0.3) is 0 Å². The zero-order valence-corrected chi connectivity index (χ0v) is 13.8. The van der Waals surface area contributed by atoms with Crippen molar-refractivity contribution in [3.05, 3.63) is 29.3 Å². The topological polar surface area (TPSA) is 49.9 Å². The van der Waals surface area contributed by atoms with Crippen molar-refractivity contribution in [3.63, 3.8) is 0 Å². The van der Waals surface area contributed by atoms with Crippen molar-refractivity contribution in [1.29, 1.82) is 0 Å². The Morgan fingerprint density at radius 2 is 2.05 bits per heavy atom. The third-order valence-corrected chi connectivity index (χ3v) is 4.28. The van der Waals surface area contributed by atoms with Crippen LogP contribution in [0.1, 0.15) is 37.4 Å². The van der Waals surface area contributed by atoms with E-state index in [0.29, 0.717) is 26.1 Å². The largest absolute Gasteiger partial charge is 0.497 e. The summed E-state index contributed by atoms with van der Waals surface area (Å²) in [6.07, 6.45) is 0.494. The van der Waals surface area contributed by atoms with Gasteiger partial charge in [-0.2, -0.15) is 0 Å². The summed E-state index contributed by atoms with van der Waals surface area (Å²) in [6.45, 7) is 7.21. The quantitative estimate of drug-likeness (QED) is 0.859. The predicted molar refractivity (Wildman–Crippen MR) is 84.7 cm³/mol. The number of hydrogen-bond acceptors (Lipinski definition) is 3. The van der Waals surface area contributed by atoms with Crippen molar-refractivity contribution in [2.75, 3.05) is 26.7 Å². The fourth-order valence-corrected chi connectivity index (χ4v) is 3.03. The van der Waals surface area contributed by atoms with E-state index in [1.807, 2.05) is 41.8 Å². The molecular weight excluding hydrogens is 280 g/mol. The Kier molecular flexibility index (Phi) is 5.06. The molecule has 0 aliphatic carbocycles. The molecule has 1 aliphatic heterocycles. The Labute approximate surface area is 131 Å². The smallest absolute Gasteiger partial charge is 0.222 e. The summed E-state index contributed by atoms with van der Waals surface area (Å²) in [5.74, 6) is 0.983. The van der Waals surface area contributed by atoms with Crippen LogP contribution in [0.3, 0.4) is 0 Å². The van der Waals surface area contributed by atoms with Gasteiger partial charge < -0.3 is 14.5 Å². The summed E-state index contributed by atoms with van der Waals surface area (Å²) < 4.78 is 5.24. The number of nitrogens with zero attached hydrogens (tertiary/aromatic N) is 2. The molecule has 0 N–H and O–H groups in total. The molecule has 22 heavy (non-hydrogen) atoms. The van der Waals surface area contributed by atoms with E-state index in [4.69, 9.17) is 4.74 Å². The average molecular weight is 304 g/mol. The highest BCUT2D eigenvalue weighted by molar-refractivity contribution is 5.77. The number of benzene rings is 1. The van der Waals surface area contributed by atoms with Gasteiger partial charge in [0.2, 0.25) is 11.8 Å². The van der Waals surface area contributed by atoms with E-state index >= 15 is 0 Å². The standard InChI is InChI=1S/C17H24N2O3/c1-5-17(21)18-8-9-19(13(3)20)16(11-18)15-7-6-14(22-4)10-12(15)2/h6-7,10,16H,5,8-9,11H2,1-4H3/t16-/m1/s1. The summed E-state index contributed by atoms with van der Waals surface area (Å²) >= 11 is 0. The van der Waals surface area contributed by atoms with Crippen LogP contribution >= 0.6 is 0 Å². The van der Waals surface area contributed by atoms with Crippen LogP contribution in [0.4, 0.5) is 0 Å². The summed E-state index contributed by atoms with van der Waals surface area (Å²) in [5.41, 5.74) is 2.14. The number of aryl methyl sites for hydroxylation is 1. The molecule has 5 heteroatoms. The minimum atomic E-state index is -0.0901. The number of ether oxygens (including phenoxy) is 1. The molecule has 0 spiro atoms. The first-order valence-electron chi connectivity index (χ1n) is 7.67. The predicted octanol–water partition coefficient (Wildman–Crippen LogP) is 2.15. The molecule has 2 rings (SSSR count). The first-order chi connectivity index (χ1) is 10.5. The molecule has 2 amide bonds. The van der Waals surface area contributed by atoms with Gasteiger partial charge in [-0.15, -0.1) is 0 Å². The lowest BCUT2D eigenvalue weighted by atomic mass is 9.97. The number of methoxy groups -OCH3 is 1. The van der Waals surface area contributed by atoms with E-state index in [9.17, 15) is 9.59 Å². The molecule has 1 heterocycles. The van der Waals surface area contributed by atoms with Gasteiger partial charge in [0, 0.05) is 33.0 Å². The van der Waals surface area contributed by atoms with Gasteiger partial charge in [0.25, 0.3) is 0 Å². The second kappa shape index (κ2) is 6.81. The monoisotopic (exact) mass is 304 g/mol. The summed E-state index contributed by atoms with van der Waals surface area (Å²) in [7, 11) is 1.64. The Hall–Kier alpha value is -2.04. The lowest BCUT2D eigenvalue weighted by Crippen LogP contribution is -2.51. The number of piperazine rings is 1. The van der Waals surface area contributed by atoms with Gasteiger partial charge in [-0.3, -0.25) is 9.59 Å². The van der Waals surface area contributed by atoms with E-state index in [1.165, 1.54) is 0 Å². The lowest BCUT2D eigenvalue weighted by molar-refractivity contribution is -0.141. The van der Waals surface area contributed by atoms with Crippen LogP contribution in [0.2, 0.25) is 0 Å². The third-order valence-electron chi connectivity index (χ3n) is 4.28. The van der Waals surface area contributed by atoms with Gasteiger partial charge in [-0.1, -0.05) is 13.0 Å². The maximum atomic E-state index is 12.0. The average Bonchev–Trinajstić information content (AvgIpc) is 2.53. The van der Waals surface area contributed by atoms with Crippen molar-refractivity contribution in [2.24, 2.45) is 0 Å². The van der Waals surface area contributed by atoms with Gasteiger partial charge in [-0.05, 0) is 30.2 Å². The molecule has 0 aromatic heterocycles. The third kappa shape index (κ3) is 3.24. The fraction of sp³-hybridized carbons (Fsp3) is 0.529. The second-order valence-electron chi connectivity index (χ2n) is 5.64. The molecule has 0 radical (unpaired) electrons. The normalized spacial score (nSPS) is 18.3. The highest BCUT2D eigenvalue weighted by Crippen LogP contribution is 2.30. The zero-order valence-electron chi connectivity index (χ0n) is 13.8. The minimum Gasteiger partial charge on any atom is -0.497 e. The second-order valence-corrected chi connectivity index (χ2v) is 5.64. The first kappa shape index (κ1) is 16.3. The molecule has 120 valence electrons. The van der Waals surface area contributed by atoms with Gasteiger partial charge in [0.1, 0.15) is 5.75 Å². The molecule has 0 bridgehead atoms. The van der Waals surface area contributed by atoms with E-state index in [2.05, 4.69) is 0 Å². The number of carbonyl (C=O) groups excluding carboxylic acids is 2. The molecule has 0 unspecified atom stereocenters. The molecule has 1 atom stereocenters.